The largest absolute Gasteiger partial charge is 0.756 e. The molecule has 13 heteroatoms. The predicted octanol–water partition coefficient (Wildman–Crippen LogP) is 8.76. The van der Waals surface area contributed by atoms with Gasteiger partial charge in [-0.15, -0.1) is 0 Å². The first-order valence-electron chi connectivity index (χ1n) is 21.9. The highest BCUT2D eigenvalue weighted by Crippen LogP contribution is 2.38. The molecular formula is C44H80NO11P. The van der Waals surface area contributed by atoms with Gasteiger partial charge in [-0.1, -0.05) is 134 Å². The maximum atomic E-state index is 12.7. The van der Waals surface area contributed by atoms with Gasteiger partial charge in [0.15, 0.2) is 6.10 Å². The van der Waals surface area contributed by atoms with E-state index in [0.29, 0.717) is 43.1 Å². The van der Waals surface area contributed by atoms with Crippen molar-refractivity contribution in [1.82, 2.24) is 0 Å². The van der Waals surface area contributed by atoms with Crippen LogP contribution in [0.4, 0.5) is 0 Å². The second-order valence-corrected chi connectivity index (χ2v) is 17.8. The van der Waals surface area contributed by atoms with Crippen molar-refractivity contribution in [3.63, 3.8) is 0 Å². The summed E-state index contributed by atoms with van der Waals surface area (Å²) in [6.07, 6.45) is 26.2. The Balaban J connectivity index is 4.88. The molecule has 0 aromatic rings. The number of carbonyl (C=O) groups excluding carboxylic acids is 4. The van der Waals surface area contributed by atoms with E-state index in [0.717, 1.165) is 44.8 Å². The molecule has 0 aliphatic heterocycles. The Kier molecular flexibility index (Phi) is 33.3. The highest BCUT2D eigenvalue weighted by molar-refractivity contribution is 7.45. The highest BCUT2D eigenvalue weighted by Gasteiger charge is 2.23. The number of Topliss-reactive ketones (excluding diaryl/α,β-unsaturated/α-hetero) is 1. The van der Waals surface area contributed by atoms with Crippen LogP contribution in [0.3, 0.4) is 0 Å². The zero-order valence-electron chi connectivity index (χ0n) is 36.5. The van der Waals surface area contributed by atoms with Crippen molar-refractivity contribution < 1.29 is 56.7 Å². The minimum atomic E-state index is -4.71. The SMILES string of the molecule is CCCCCCCCCCCCCCCC(=O)OC[C@H](COP(=O)([O-])OCC[N+](C)(C)C)OC(=O)CCC/C=C\CC(C(C)=O)C(C=O)/C=C/C(O)CCCCC. The number of esters is 2. The first kappa shape index (κ1) is 54.8. The topological polar surface area (TPSA) is 166 Å². The summed E-state index contributed by atoms with van der Waals surface area (Å²) in [4.78, 5) is 61.8. The van der Waals surface area contributed by atoms with Gasteiger partial charge >= 0.3 is 11.9 Å². The van der Waals surface area contributed by atoms with Crippen LogP contribution >= 0.6 is 7.82 Å². The zero-order valence-corrected chi connectivity index (χ0v) is 37.4. The molecule has 0 aliphatic rings. The smallest absolute Gasteiger partial charge is 0.306 e. The van der Waals surface area contributed by atoms with Crippen LogP contribution in [-0.2, 0) is 42.3 Å². The number of allylic oxidation sites excluding steroid dienone is 3. The van der Waals surface area contributed by atoms with Crippen molar-refractivity contribution in [1.29, 1.82) is 0 Å². The van der Waals surface area contributed by atoms with E-state index >= 15 is 0 Å². The minimum Gasteiger partial charge on any atom is -0.756 e. The van der Waals surface area contributed by atoms with Gasteiger partial charge in [0.2, 0.25) is 0 Å². The van der Waals surface area contributed by atoms with Crippen LogP contribution in [0.25, 0.3) is 0 Å². The van der Waals surface area contributed by atoms with Gasteiger partial charge in [-0.3, -0.25) is 18.9 Å². The zero-order chi connectivity index (χ0) is 42.8. The Bertz CT molecular complexity index is 1170. The van der Waals surface area contributed by atoms with Crippen LogP contribution in [0.15, 0.2) is 24.3 Å². The number of hydrogen-bond acceptors (Lipinski definition) is 11. The number of nitrogens with zero attached hydrogens (tertiary/aromatic N) is 1. The average molecular weight is 830 g/mol. The number of hydrogen-bond donors (Lipinski definition) is 1. The molecule has 0 rings (SSSR count). The number of phosphoric acid groups is 1. The monoisotopic (exact) mass is 830 g/mol. The van der Waals surface area contributed by atoms with Gasteiger partial charge in [0.1, 0.15) is 31.8 Å². The number of quaternary nitrogens is 1. The third-order valence-corrected chi connectivity index (χ3v) is 10.7. The summed E-state index contributed by atoms with van der Waals surface area (Å²) in [5, 5.41) is 10.2. The number of likely N-dealkylation sites (N-methyl/N-ethyl adjacent to an activating group) is 1. The van der Waals surface area contributed by atoms with E-state index in [2.05, 4.69) is 13.8 Å². The highest BCUT2D eigenvalue weighted by atomic mass is 31.2. The first-order chi connectivity index (χ1) is 27.1. The van der Waals surface area contributed by atoms with E-state index in [1.54, 1.807) is 18.2 Å². The molecule has 1 N–H and O–H groups in total. The second kappa shape index (κ2) is 34.6. The molecule has 0 aromatic heterocycles. The first-order valence-corrected chi connectivity index (χ1v) is 23.3. The lowest BCUT2D eigenvalue weighted by molar-refractivity contribution is -0.870. The summed E-state index contributed by atoms with van der Waals surface area (Å²) in [6.45, 7) is 5.19. The van der Waals surface area contributed by atoms with Crippen LogP contribution in [0.5, 0.6) is 0 Å². The fourth-order valence-corrected chi connectivity index (χ4v) is 6.82. The van der Waals surface area contributed by atoms with Gasteiger partial charge in [-0.25, -0.2) is 0 Å². The quantitative estimate of drug-likeness (QED) is 0.0157. The second-order valence-electron chi connectivity index (χ2n) is 16.4. The lowest BCUT2D eigenvalue weighted by Crippen LogP contribution is -2.37. The fraction of sp³-hybridized carbons (Fsp3) is 0.818. The molecule has 12 nitrogen and oxygen atoms in total. The molecule has 5 atom stereocenters. The number of aldehydes is 1. The Morgan fingerprint density at radius 2 is 1.30 bits per heavy atom. The lowest BCUT2D eigenvalue weighted by Gasteiger charge is -2.28. The standard InChI is InChI=1S/C44H80NO11P/c1-7-9-11-12-13-14-15-16-17-18-19-20-25-29-43(49)53-36-41(37-55-57(51,52)54-34-33-45(4,5)6)56-44(50)30-26-22-21-24-28-42(38(3)47)39(35-46)31-32-40(48)27-23-10-8-2/h21,24,31-32,35,39-42,48H,7-20,22-23,25-30,33-34,36-37H2,1-6H3/b24-21-,32-31+/t39?,40?,41-,42?/m1/s1. The van der Waals surface area contributed by atoms with E-state index in [-0.39, 0.29) is 31.8 Å². The Hall–Kier alpha value is -2.21. The fourth-order valence-electron chi connectivity index (χ4n) is 6.09. The van der Waals surface area contributed by atoms with Crippen molar-refractivity contribution in [2.75, 3.05) is 47.5 Å². The number of phosphoric ester groups is 1. The Labute approximate surface area is 345 Å². The number of aliphatic hydroxyl groups is 1. The molecule has 57 heavy (non-hydrogen) atoms. The summed E-state index contributed by atoms with van der Waals surface area (Å²) in [5.74, 6) is -2.41. The molecule has 0 heterocycles. The molecule has 332 valence electrons. The molecular weight excluding hydrogens is 749 g/mol. The molecule has 0 amide bonds. The van der Waals surface area contributed by atoms with E-state index in [1.165, 1.54) is 64.7 Å². The predicted molar refractivity (Wildman–Crippen MR) is 224 cm³/mol. The van der Waals surface area contributed by atoms with Crippen LogP contribution in [0.2, 0.25) is 0 Å². The van der Waals surface area contributed by atoms with Crippen LogP contribution < -0.4 is 4.89 Å². The van der Waals surface area contributed by atoms with Crippen LogP contribution in [0.1, 0.15) is 162 Å². The van der Waals surface area contributed by atoms with Gasteiger partial charge in [0.05, 0.1) is 33.9 Å². The summed E-state index contributed by atoms with van der Waals surface area (Å²) in [7, 11) is 0.979. The number of ketones is 1. The summed E-state index contributed by atoms with van der Waals surface area (Å²) in [6, 6.07) is 0. The van der Waals surface area contributed by atoms with E-state index in [4.69, 9.17) is 18.5 Å². The molecule has 0 fully saturated rings. The molecule has 0 saturated heterocycles. The number of ether oxygens (including phenoxy) is 2. The summed E-state index contributed by atoms with van der Waals surface area (Å²) < 4.78 is 33.7. The number of rotatable bonds is 39. The molecule has 0 radical (unpaired) electrons. The summed E-state index contributed by atoms with van der Waals surface area (Å²) >= 11 is 0. The number of carbonyl (C=O) groups is 4. The minimum absolute atomic E-state index is 0.00847. The van der Waals surface area contributed by atoms with Crippen molar-refractivity contribution in [3.8, 4) is 0 Å². The van der Waals surface area contributed by atoms with Gasteiger partial charge in [-0.05, 0) is 39.0 Å². The summed E-state index contributed by atoms with van der Waals surface area (Å²) in [5.41, 5.74) is 0. The molecule has 0 aromatic carbocycles. The van der Waals surface area contributed by atoms with E-state index < -0.39 is 50.4 Å². The third-order valence-electron chi connectivity index (χ3n) is 9.75. The Morgan fingerprint density at radius 1 is 0.737 bits per heavy atom. The number of unbranched alkanes of at least 4 members (excludes halogenated alkanes) is 15. The maximum Gasteiger partial charge on any atom is 0.306 e. The molecule has 4 unspecified atom stereocenters. The molecule has 0 aliphatic carbocycles. The number of aliphatic hydroxyl groups excluding tert-OH is 1. The van der Waals surface area contributed by atoms with Gasteiger partial charge in [-0.2, -0.15) is 0 Å². The third kappa shape index (κ3) is 34.4. The lowest BCUT2D eigenvalue weighted by atomic mass is 9.86. The molecule has 0 spiro atoms. The van der Waals surface area contributed by atoms with Crippen molar-refractivity contribution in [2.45, 2.75) is 174 Å². The van der Waals surface area contributed by atoms with Gasteiger partial charge < -0.3 is 37.8 Å². The molecule has 0 saturated carbocycles. The average Bonchev–Trinajstić information content (AvgIpc) is 3.14. The van der Waals surface area contributed by atoms with Crippen LogP contribution in [0, 0.1) is 11.8 Å². The maximum absolute atomic E-state index is 12.7. The van der Waals surface area contributed by atoms with E-state index in [1.807, 2.05) is 27.2 Å². The van der Waals surface area contributed by atoms with Gasteiger partial charge in [0, 0.05) is 24.7 Å². The van der Waals surface area contributed by atoms with E-state index in [9.17, 15) is 33.7 Å². The normalized spacial score (nSPS) is 15.3. The van der Waals surface area contributed by atoms with Gasteiger partial charge in [0.25, 0.3) is 7.82 Å². The Morgan fingerprint density at radius 3 is 1.86 bits per heavy atom. The molecule has 0 bridgehead atoms. The van der Waals surface area contributed by atoms with Crippen molar-refractivity contribution in [2.24, 2.45) is 11.8 Å². The van der Waals surface area contributed by atoms with Crippen molar-refractivity contribution in [3.05, 3.63) is 24.3 Å². The van der Waals surface area contributed by atoms with Crippen LogP contribution in [-0.4, -0.2) is 93.3 Å². The van der Waals surface area contributed by atoms with Crippen molar-refractivity contribution >= 4 is 31.8 Å².